The molecular weight excluding hydrogens is 573 g/mol. The van der Waals surface area contributed by atoms with Crippen molar-refractivity contribution < 1.29 is 36.3 Å². The maximum absolute atomic E-state index is 13.8. The van der Waals surface area contributed by atoms with Gasteiger partial charge in [0.2, 0.25) is 5.88 Å². The zero-order valence-corrected chi connectivity index (χ0v) is 22.9. The van der Waals surface area contributed by atoms with Crippen molar-refractivity contribution in [2.45, 2.75) is 64.7 Å². The van der Waals surface area contributed by atoms with Gasteiger partial charge in [-0.25, -0.2) is 4.98 Å². The number of aromatic nitrogens is 3. The van der Waals surface area contributed by atoms with Crippen LogP contribution in [0.25, 0.3) is 0 Å². The number of carbonyl (C=O) groups is 2. The monoisotopic (exact) mass is 597 g/mol. The first-order valence-corrected chi connectivity index (χ1v) is 13.1. The summed E-state index contributed by atoms with van der Waals surface area (Å²) < 4.78 is 71.7. The van der Waals surface area contributed by atoms with Crippen LogP contribution in [0.3, 0.4) is 0 Å². The van der Waals surface area contributed by atoms with E-state index < -0.39 is 41.4 Å². The van der Waals surface area contributed by atoms with Gasteiger partial charge in [0.1, 0.15) is 5.69 Å². The predicted molar refractivity (Wildman–Crippen MR) is 137 cm³/mol. The summed E-state index contributed by atoms with van der Waals surface area (Å²) in [5, 5.41) is 4.15. The van der Waals surface area contributed by atoms with Crippen LogP contribution >= 0.6 is 11.6 Å². The van der Waals surface area contributed by atoms with Crippen LogP contribution in [0.4, 0.5) is 22.0 Å². The Bertz CT molecular complexity index is 1510. The largest absolute Gasteiger partial charge is 0.417 e. The average molecular weight is 598 g/mol. The first-order valence-electron chi connectivity index (χ1n) is 12.8. The highest BCUT2D eigenvalue weighted by Crippen LogP contribution is 2.38. The number of halogens is 6. The Hall–Kier alpha value is -3.74. The highest BCUT2D eigenvalue weighted by atomic mass is 35.5. The van der Waals surface area contributed by atoms with E-state index in [0.29, 0.717) is 23.2 Å². The lowest BCUT2D eigenvalue weighted by Gasteiger charge is -2.37. The van der Waals surface area contributed by atoms with E-state index >= 15 is 0 Å². The zero-order valence-electron chi connectivity index (χ0n) is 22.1. The van der Waals surface area contributed by atoms with Crippen molar-refractivity contribution in [3.05, 3.63) is 75.2 Å². The van der Waals surface area contributed by atoms with Crippen LogP contribution in [0, 0.1) is 0 Å². The molecule has 0 saturated heterocycles. The number of carbonyl (C=O) groups excluding carboxylic acids is 2. The van der Waals surface area contributed by atoms with Gasteiger partial charge in [-0.05, 0) is 50.6 Å². The summed E-state index contributed by atoms with van der Waals surface area (Å²) in [7, 11) is 0. The molecule has 2 aliphatic heterocycles. The third-order valence-electron chi connectivity index (χ3n) is 7.48. The van der Waals surface area contributed by atoms with Gasteiger partial charge in [0, 0.05) is 42.4 Å². The minimum atomic E-state index is -4.73. The number of hydrogen-bond donors (Lipinski definition) is 0. The fraction of sp³-hybridized carbons (Fsp3) is 0.407. The topological polar surface area (TPSA) is 80.6 Å². The van der Waals surface area contributed by atoms with Gasteiger partial charge in [-0.15, -0.1) is 0 Å². The lowest BCUT2D eigenvalue weighted by atomic mass is 9.96. The van der Waals surface area contributed by atoms with Crippen LogP contribution in [0.15, 0.2) is 36.5 Å². The number of rotatable bonds is 5. The summed E-state index contributed by atoms with van der Waals surface area (Å²) in [4.78, 5) is 34.1. The Morgan fingerprint density at radius 2 is 1.88 bits per heavy atom. The Morgan fingerprint density at radius 1 is 1.15 bits per heavy atom. The maximum atomic E-state index is 13.8. The lowest BCUT2D eigenvalue weighted by Crippen LogP contribution is -2.45. The number of amides is 2. The summed E-state index contributed by atoms with van der Waals surface area (Å²) in [5.41, 5.74) is 0.686. The van der Waals surface area contributed by atoms with Gasteiger partial charge in [-0.2, -0.15) is 27.1 Å². The minimum absolute atomic E-state index is 0.0308. The molecule has 0 spiro atoms. The highest BCUT2D eigenvalue weighted by Gasteiger charge is 2.41. The van der Waals surface area contributed by atoms with Crippen LogP contribution in [0.5, 0.6) is 5.88 Å². The van der Waals surface area contributed by atoms with Gasteiger partial charge in [-0.1, -0.05) is 11.6 Å². The van der Waals surface area contributed by atoms with E-state index in [2.05, 4.69) is 14.8 Å². The molecule has 2 amide bonds. The molecule has 218 valence electrons. The molecule has 0 saturated carbocycles. The Labute approximate surface area is 236 Å². The summed E-state index contributed by atoms with van der Waals surface area (Å²) in [6.45, 7) is 2.60. The second-order valence-electron chi connectivity index (χ2n) is 10.2. The first-order chi connectivity index (χ1) is 19.3. The molecule has 0 N–H and O–H groups in total. The van der Waals surface area contributed by atoms with Gasteiger partial charge < -0.3 is 14.5 Å². The van der Waals surface area contributed by atoms with Crippen molar-refractivity contribution in [1.82, 2.24) is 24.6 Å². The first kappa shape index (κ1) is 28.8. The minimum Gasteiger partial charge on any atom is -0.417 e. The molecule has 2 aromatic heterocycles. The number of ether oxygens (including phenoxy) is 1. The van der Waals surface area contributed by atoms with Crippen LogP contribution in [0.1, 0.15) is 76.1 Å². The fourth-order valence-electron chi connectivity index (χ4n) is 5.36. The van der Waals surface area contributed by atoms with E-state index in [4.69, 9.17) is 11.6 Å². The molecule has 3 aromatic rings. The quantitative estimate of drug-likeness (QED) is 0.341. The van der Waals surface area contributed by atoms with Gasteiger partial charge in [0.05, 0.1) is 34.9 Å². The predicted octanol–water partition coefficient (Wildman–Crippen LogP) is 5.92. The summed E-state index contributed by atoms with van der Waals surface area (Å²) in [6.07, 6.45) is -3.11. The van der Waals surface area contributed by atoms with Crippen LogP contribution in [-0.4, -0.2) is 55.6 Å². The standard InChI is InChI=1S/C27H25ClF5N5O3/c1-13-8-21-18(12-36(13)24(39)17-4-5-20(28)19(9-17)27(31,32)33)23-25(40)37(11-14(2)38(23)35-21)15(3)16-6-7-34-22(10-16)41-26(29)30/h4-7,9-10,13-15,26H,8,11-12H2,1-3H3/t13-,14-,15+/m1/s1. The van der Waals surface area contributed by atoms with Gasteiger partial charge >= 0.3 is 12.8 Å². The van der Waals surface area contributed by atoms with Crippen molar-refractivity contribution in [2.75, 3.05) is 6.54 Å². The fourth-order valence-corrected chi connectivity index (χ4v) is 5.58. The van der Waals surface area contributed by atoms with Gasteiger partial charge in [0.15, 0.2) is 0 Å². The average Bonchev–Trinajstić information content (AvgIpc) is 3.28. The van der Waals surface area contributed by atoms with E-state index in [-0.39, 0.29) is 42.2 Å². The summed E-state index contributed by atoms with van der Waals surface area (Å²) in [6, 6.07) is 4.78. The second kappa shape index (κ2) is 10.6. The number of hydrogen-bond acceptors (Lipinski definition) is 5. The smallest absolute Gasteiger partial charge is 0.417 e. The van der Waals surface area contributed by atoms with Crippen molar-refractivity contribution >= 4 is 23.4 Å². The maximum Gasteiger partial charge on any atom is 0.417 e. The van der Waals surface area contributed by atoms with E-state index in [0.717, 1.165) is 12.1 Å². The lowest BCUT2D eigenvalue weighted by molar-refractivity contribution is -0.137. The summed E-state index contributed by atoms with van der Waals surface area (Å²) >= 11 is 5.73. The number of pyridine rings is 1. The number of fused-ring (bicyclic) bond motifs is 3. The SMILES string of the molecule is C[C@@H]1Cc2nn3c(c2CN1C(=O)c1ccc(Cl)c(C(F)(F)F)c1)C(=O)N([C@@H](C)c1ccnc(OC(F)F)c1)C[C@H]3C. The molecule has 8 nitrogen and oxygen atoms in total. The number of benzene rings is 1. The van der Waals surface area contributed by atoms with Crippen LogP contribution in [0.2, 0.25) is 5.02 Å². The van der Waals surface area contributed by atoms with Crippen molar-refractivity contribution in [3.8, 4) is 5.88 Å². The molecular formula is C27H25ClF5N5O3. The Balaban J connectivity index is 1.45. The van der Waals surface area contributed by atoms with Crippen LogP contribution < -0.4 is 4.74 Å². The van der Waals surface area contributed by atoms with E-state index in [1.165, 1.54) is 23.2 Å². The summed E-state index contributed by atoms with van der Waals surface area (Å²) in [5.74, 6) is -1.27. The third-order valence-corrected chi connectivity index (χ3v) is 7.81. The Morgan fingerprint density at radius 3 is 2.56 bits per heavy atom. The third kappa shape index (κ3) is 5.34. The normalized spacial score (nSPS) is 19.7. The zero-order chi connectivity index (χ0) is 29.8. The number of alkyl halides is 5. The van der Waals surface area contributed by atoms with E-state index in [1.807, 2.05) is 6.92 Å². The van der Waals surface area contributed by atoms with E-state index in [9.17, 15) is 31.5 Å². The molecule has 4 heterocycles. The molecule has 0 unspecified atom stereocenters. The molecule has 0 bridgehead atoms. The second-order valence-corrected chi connectivity index (χ2v) is 10.6. The van der Waals surface area contributed by atoms with Crippen molar-refractivity contribution in [3.63, 3.8) is 0 Å². The molecule has 5 rings (SSSR count). The van der Waals surface area contributed by atoms with Crippen molar-refractivity contribution in [2.24, 2.45) is 0 Å². The molecule has 41 heavy (non-hydrogen) atoms. The molecule has 0 radical (unpaired) electrons. The van der Waals surface area contributed by atoms with Crippen molar-refractivity contribution in [1.29, 1.82) is 0 Å². The molecule has 2 aliphatic rings. The highest BCUT2D eigenvalue weighted by molar-refractivity contribution is 6.31. The van der Waals surface area contributed by atoms with E-state index in [1.54, 1.807) is 29.5 Å². The van der Waals surface area contributed by atoms with Gasteiger partial charge in [0.25, 0.3) is 11.8 Å². The molecule has 1 aromatic carbocycles. The Kier molecular flexibility index (Phi) is 7.43. The number of nitrogens with zero attached hydrogens (tertiary/aromatic N) is 5. The van der Waals surface area contributed by atoms with Gasteiger partial charge in [-0.3, -0.25) is 14.3 Å². The molecule has 3 atom stereocenters. The molecule has 0 aliphatic carbocycles. The van der Waals surface area contributed by atoms with Crippen LogP contribution in [-0.2, 0) is 19.1 Å². The molecule has 0 fully saturated rings. The molecule has 14 heteroatoms.